The van der Waals surface area contributed by atoms with E-state index < -0.39 is 0 Å². The van der Waals surface area contributed by atoms with E-state index >= 15 is 0 Å². The van der Waals surface area contributed by atoms with Crippen LogP contribution in [0.3, 0.4) is 0 Å². The molecule has 16 heavy (non-hydrogen) atoms. The first-order valence-corrected chi connectivity index (χ1v) is 6.06. The molecule has 0 radical (unpaired) electrons. The second-order valence-electron chi connectivity index (χ2n) is 4.02. The molecule has 2 heterocycles. The van der Waals surface area contributed by atoms with Crippen LogP contribution in [-0.4, -0.2) is 11.8 Å². The quantitative estimate of drug-likeness (QED) is 0.823. The van der Waals surface area contributed by atoms with Gasteiger partial charge >= 0.3 is 0 Å². The van der Waals surface area contributed by atoms with Gasteiger partial charge in [-0.15, -0.1) is 11.3 Å². The Kier molecular flexibility index (Phi) is 2.19. The maximum absolute atomic E-state index is 11.9. The first-order valence-electron chi connectivity index (χ1n) is 5.18. The molecule has 1 atom stereocenters. The number of carbonyl (C=O) groups is 1. The van der Waals surface area contributed by atoms with E-state index in [0.29, 0.717) is 12.8 Å². The van der Waals surface area contributed by atoms with Crippen molar-refractivity contribution in [2.75, 3.05) is 0 Å². The number of hydrogen-bond donors (Lipinski definition) is 1. The van der Waals surface area contributed by atoms with Crippen LogP contribution in [0.15, 0.2) is 28.2 Å². The Labute approximate surface area is 96.9 Å². The molecule has 1 aliphatic carbocycles. The van der Waals surface area contributed by atoms with Crippen LogP contribution in [0.2, 0.25) is 0 Å². The summed E-state index contributed by atoms with van der Waals surface area (Å²) in [6.07, 6.45) is 2.75. The molecule has 1 unspecified atom stereocenters. The van der Waals surface area contributed by atoms with Crippen molar-refractivity contribution in [1.29, 1.82) is 0 Å². The van der Waals surface area contributed by atoms with Gasteiger partial charge in [-0.05, 0) is 11.4 Å². The molecular formula is C12H11NO2S. The zero-order valence-electron chi connectivity index (χ0n) is 8.60. The highest BCUT2D eigenvalue weighted by Gasteiger charge is 2.29. The third-order valence-corrected chi connectivity index (χ3v) is 3.73. The number of hydrogen-bond acceptors (Lipinski definition) is 4. The van der Waals surface area contributed by atoms with Crippen molar-refractivity contribution in [3.05, 3.63) is 35.1 Å². The lowest BCUT2D eigenvalue weighted by atomic mass is 9.91. The molecule has 1 aliphatic rings. The number of carbonyl (C=O) groups excluding carboxylic acids is 1. The van der Waals surface area contributed by atoms with E-state index in [4.69, 9.17) is 10.2 Å². The summed E-state index contributed by atoms with van der Waals surface area (Å²) in [7, 11) is 0. The van der Waals surface area contributed by atoms with E-state index in [1.807, 2.05) is 17.5 Å². The third-order valence-electron chi connectivity index (χ3n) is 2.83. The lowest BCUT2D eigenvalue weighted by Gasteiger charge is -2.16. The molecule has 0 aromatic carbocycles. The minimum Gasteiger partial charge on any atom is -0.468 e. The maximum Gasteiger partial charge on any atom is 0.168 e. The average molecular weight is 233 g/mol. The summed E-state index contributed by atoms with van der Waals surface area (Å²) in [6, 6.07) is 3.87. The van der Waals surface area contributed by atoms with Gasteiger partial charge in [0.2, 0.25) is 0 Å². The fourth-order valence-corrected chi connectivity index (χ4v) is 2.86. The van der Waals surface area contributed by atoms with Crippen LogP contribution in [0.5, 0.6) is 0 Å². The van der Waals surface area contributed by atoms with Gasteiger partial charge in [-0.1, -0.05) is 6.07 Å². The Morgan fingerprint density at radius 1 is 1.44 bits per heavy atom. The predicted octanol–water partition coefficient (Wildman–Crippen LogP) is 2.46. The van der Waals surface area contributed by atoms with Crippen molar-refractivity contribution < 1.29 is 9.21 Å². The molecule has 0 saturated heterocycles. The normalized spacial score (nSPS) is 19.8. The zero-order chi connectivity index (χ0) is 11.1. The molecule has 4 heteroatoms. The SMILES string of the molecule is NC1CC(=O)c2c(-c3cccs3)coc2C1. The molecule has 3 nitrogen and oxygen atoms in total. The Balaban J connectivity index is 2.14. The number of Topliss-reactive ketones (excluding diaryl/α,β-unsaturated/α-hetero) is 1. The van der Waals surface area contributed by atoms with Crippen molar-refractivity contribution in [3.8, 4) is 10.4 Å². The highest BCUT2D eigenvalue weighted by Crippen LogP contribution is 2.35. The largest absolute Gasteiger partial charge is 0.468 e. The molecule has 0 spiro atoms. The summed E-state index contributed by atoms with van der Waals surface area (Å²) in [4.78, 5) is 13.0. The molecule has 0 fully saturated rings. The number of ketones is 1. The summed E-state index contributed by atoms with van der Waals surface area (Å²) in [5.74, 6) is 0.845. The molecule has 3 rings (SSSR count). The van der Waals surface area contributed by atoms with Crippen molar-refractivity contribution in [2.45, 2.75) is 18.9 Å². The molecule has 82 valence electrons. The van der Waals surface area contributed by atoms with Gasteiger partial charge in [0, 0.05) is 29.3 Å². The standard InChI is InChI=1S/C12H11NO2S/c13-7-4-9(14)12-8(6-15-10(12)5-7)11-2-1-3-16-11/h1-3,6-7H,4-5,13H2. The highest BCUT2D eigenvalue weighted by atomic mass is 32.1. The summed E-state index contributed by atoms with van der Waals surface area (Å²) >= 11 is 1.61. The lowest BCUT2D eigenvalue weighted by Crippen LogP contribution is -2.31. The minimum atomic E-state index is -0.0951. The molecule has 0 aliphatic heterocycles. The molecule has 2 aromatic heterocycles. The van der Waals surface area contributed by atoms with Crippen molar-refractivity contribution in [1.82, 2.24) is 0 Å². The summed E-state index contributed by atoms with van der Waals surface area (Å²) in [6.45, 7) is 0. The predicted molar refractivity (Wildman–Crippen MR) is 62.6 cm³/mol. The van der Waals surface area contributed by atoms with Crippen LogP contribution in [-0.2, 0) is 6.42 Å². The monoisotopic (exact) mass is 233 g/mol. The molecular weight excluding hydrogens is 222 g/mol. The Morgan fingerprint density at radius 2 is 2.31 bits per heavy atom. The van der Waals surface area contributed by atoms with Crippen LogP contribution in [0.25, 0.3) is 10.4 Å². The molecule has 0 bridgehead atoms. The number of fused-ring (bicyclic) bond motifs is 1. The van der Waals surface area contributed by atoms with Crippen molar-refractivity contribution in [3.63, 3.8) is 0 Å². The van der Waals surface area contributed by atoms with E-state index in [0.717, 1.165) is 21.8 Å². The number of thiophene rings is 1. The van der Waals surface area contributed by atoms with E-state index in [9.17, 15) is 4.79 Å². The topological polar surface area (TPSA) is 56.2 Å². The van der Waals surface area contributed by atoms with Gasteiger partial charge in [0.05, 0.1) is 5.56 Å². The summed E-state index contributed by atoms with van der Waals surface area (Å²) < 4.78 is 5.46. The highest BCUT2D eigenvalue weighted by molar-refractivity contribution is 7.13. The van der Waals surface area contributed by atoms with Crippen LogP contribution in [0.1, 0.15) is 22.5 Å². The van der Waals surface area contributed by atoms with Gasteiger partial charge in [0.1, 0.15) is 12.0 Å². The average Bonchev–Trinajstić information content (AvgIpc) is 2.82. The smallest absolute Gasteiger partial charge is 0.168 e. The number of nitrogens with two attached hydrogens (primary N) is 1. The van der Waals surface area contributed by atoms with Crippen molar-refractivity contribution >= 4 is 17.1 Å². The maximum atomic E-state index is 11.9. The summed E-state index contributed by atoms with van der Waals surface area (Å²) in [5, 5.41) is 1.99. The Hall–Kier alpha value is -1.39. The van der Waals surface area contributed by atoms with Gasteiger partial charge in [-0.2, -0.15) is 0 Å². The van der Waals surface area contributed by atoms with Gasteiger partial charge < -0.3 is 10.2 Å². The van der Waals surface area contributed by atoms with E-state index in [1.165, 1.54) is 0 Å². The third kappa shape index (κ3) is 1.42. The second kappa shape index (κ2) is 3.57. The van der Waals surface area contributed by atoms with Gasteiger partial charge in [-0.25, -0.2) is 0 Å². The van der Waals surface area contributed by atoms with Crippen LogP contribution in [0, 0.1) is 0 Å². The molecule has 0 amide bonds. The van der Waals surface area contributed by atoms with Gasteiger partial charge in [0.15, 0.2) is 5.78 Å². The molecule has 0 saturated carbocycles. The van der Waals surface area contributed by atoms with Crippen LogP contribution >= 0.6 is 11.3 Å². The first-order chi connectivity index (χ1) is 7.75. The Morgan fingerprint density at radius 3 is 3.06 bits per heavy atom. The lowest BCUT2D eigenvalue weighted by molar-refractivity contribution is 0.0962. The zero-order valence-corrected chi connectivity index (χ0v) is 9.42. The van der Waals surface area contributed by atoms with Crippen LogP contribution < -0.4 is 5.73 Å². The van der Waals surface area contributed by atoms with Crippen LogP contribution in [0.4, 0.5) is 0 Å². The fraction of sp³-hybridized carbons (Fsp3) is 0.250. The van der Waals surface area contributed by atoms with Gasteiger partial charge in [-0.3, -0.25) is 4.79 Å². The molecule has 2 aromatic rings. The molecule has 2 N–H and O–H groups in total. The number of rotatable bonds is 1. The van der Waals surface area contributed by atoms with Crippen molar-refractivity contribution in [2.24, 2.45) is 5.73 Å². The Bertz CT molecular complexity index is 527. The van der Waals surface area contributed by atoms with E-state index in [1.54, 1.807) is 17.6 Å². The number of furan rings is 1. The fourth-order valence-electron chi connectivity index (χ4n) is 2.12. The van der Waals surface area contributed by atoms with E-state index in [-0.39, 0.29) is 11.8 Å². The first kappa shape index (κ1) is 9.81. The minimum absolute atomic E-state index is 0.0951. The van der Waals surface area contributed by atoms with Gasteiger partial charge in [0.25, 0.3) is 0 Å². The van der Waals surface area contributed by atoms with E-state index in [2.05, 4.69) is 0 Å². The second-order valence-corrected chi connectivity index (χ2v) is 4.96. The summed E-state index contributed by atoms with van der Waals surface area (Å²) in [5.41, 5.74) is 7.45.